The summed E-state index contributed by atoms with van der Waals surface area (Å²) >= 11 is 1.56. The van der Waals surface area contributed by atoms with Gasteiger partial charge >= 0.3 is 0 Å². The number of guanidine groups is 1. The Hall–Kier alpha value is -0.380. The highest BCUT2D eigenvalue weighted by Gasteiger charge is 2.30. The van der Waals surface area contributed by atoms with Crippen LogP contribution in [-0.4, -0.2) is 54.2 Å². The SMILES string of the molecule is CCNC(=NCC(C)(O)c1cccs1)NCCN(C(C)C)C1CC1.I. The highest BCUT2D eigenvalue weighted by Crippen LogP contribution is 2.28. The number of hydrogen-bond donors (Lipinski definition) is 3. The van der Waals surface area contributed by atoms with E-state index in [4.69, 9.17) is 0 Å². The fourth-order valence-corrected chi connectivity index (χ4v) is 3.59. The van der Waals surface area contributed by atoms with Crippen LogP contribution in [0.15, 0.2) is 22.5 Å². The predicted molar refractivity (Wildman–Crippen MR) is 118 cm³/mol. The van der Waals surface area contributed by atoms with Gasteiger partial charge in [-0.05, 0) is 52.0 Å². The first-order valence-electron chi connectivity index (χ1n) is 8.98. The number of thiophene rings is 1. The Morgan fingerprint density at radius 1 is 1.44 bits per heavy atom. The monoisotopic (exact) mass is 480 g/mol. The van der Waals surface area contributed by atoms with Gasteiger partial charge in [0.05, 0.1) is 6.54 Å². The van der Waals surface area contributed by atoms with E-state index in [9.17, 15) is 5.11 Å². The molecule has 1 fully saturated rings. The standard InChI is InChI=1S/C18H32N4OS.HI/c1-5-19-17(20-10-11-22(14(2)3)15-8-9-15)21-13-18(4,23)16-7-6-12-24-16;/h6-7,12,14-15,23H,5,8-11,13H2,1-4H3,(H2,19,20,21);1H. The van der Waals surface area contributed by atoms with Crippen molar-refractivity contribution in [2.24, 2.45) is 4.99 Å². The van der Waals surface area contributed by atoms with Crippen molar-refractivity contribution >= 4 is 41.3 Å². The zero-order valence-corrected chi connectivity index (χ0v) is 18.9. The Balaban J connectivity index is 0.00000312. The van der Waals surface area contributed by atoms with Crippen LogP contribution in [0.3, 0.4) is 0 Å². The van der Waals surface area contributed by atoms with Gasteiger partial charge in [0.15, 0.2) is 5.96 Å². The maximum absolute atomic E-state index is 10.6. The molecule has 1 aliphatic rings. The molecule has 25 heavy (non-hydrogen) atoms. The summed E-state index contributed by atoms with van der Waals surface area (Å²) in [5.41, 5.74) is -0.922. The lowest BCUT2D eigenvalue weighted by Crippen LogP contribution is -2.44. The van der Waals surface area contributed by atoms with Crippen molar-refractivity contribution in [3.05, 3.63) is 22.4 Å². The number of halogens is 1. The molecule has 1 atom stereocenters. The number of aliphatic imine (C=N–C) groups is 1. The molecular formula is C18H33IN4OS. The first kappa shape index (κ1) is 22.7. The van der Waals surface area contributed by atoms with Crippen LogP contribution in [0.25, 0.3) is 0 Å². The molecule has 0 saturated heterocycles. The zero-order valence-electron chi connectivity index (χ0n) is 15.8. The van der Waals surface area contributed by atoms with E-state index in [1.807, 2.05) is 24.4 Å². The van der Waals surface area contributed by atoms with Crippen molar-refractivity contribution in [2.45, 2.75) is 58.2 Å². The quantitative estimate of drug-likeness (QED) is 0.289. The minimum atomic E-state index is -0.922. The molecule has 0 aromatic carbocycles. The molecule has 0 spiro atoms. The Morgan fingerprint density at radius 2 is 2.16 bits per heavy atom. The van der Waals surface area contributed by atoms with Crippen LogP contribution in [0.4, 0.5) is 0 Å². The first-order valence-corrected chi connectivity index (χ1v) is 9.86. The molecule has 1 aromatic rings. The lowest BCUT2D eigenvalue weighted by Gasteiger charge is -2.27. The fourth-order valence-electron chi connectivity index (χ4n) is 2.81. The molecule has 0 amide bonds. The van der Waals surface area contributed by atoms with Gasteiger partial charge in [0.1, 0.15) is 5.60 Å². The lowest BCUT2D eigenvalue weighted by atomic mass is 10.1. The smallest absolute Gasteiger partial charge is 0.191 e. The van der Waals surface area contributed by atoms with Crippen LogP contribution < -0.4 is 10.6 Å². The largest absolute Gasteiger partial charge is 0.383 e. The van der Waals surface area contributed by atoms with E-state index in [2.05, 4.69) is 41.3 Å². The molecule has 1 heterocycles. The Morgan fingerprint density at radius 3 is 2.68 bits per heavy atom. The first-order chi connectivity index (χ1) is 11.4. The maximum atomic E-state index is 10.6. The van der Waals surface area contributed by atoms with E-state index >= 15 is 0 Å². The van der Waals surface area contributed by atoms with Gasteiger partial charge in [-0.1, -0.05) is 6.07 Å². The molecule has 144 valence electrons. The average Bonchev–Trinajstić information content (AvgIpc) is 3.19. The maximum Gasteiger partial charge on any atom is 0.191 e. The van der Waals surface area contributed by atoms with Gasteiger partial charge < -0.3 is 15.7 Å². The van der Waals surface area contributed by atoms with Gasteiger partial charge in [0, 0.05) is 36.6 Å². The minimum Gasteiger partial charge on any atom is -0.383 e. The third kappa shape index (κ3) is 7.40. The second-order valence-corrected chi connectivity index (χ2v) is 7.88. The highest BCUT2D eigenvalue weighted by atomic mass is 127. The second-order valence-electron chi connectivity index (χ2n) is 6.94. The van der Waals surface area contributed by atoms with Crippen LogP contribution >= 0.6 is 35.3 Å². The third-order valence-electron chi connectivity index (χ3n) is 4.28. The van der Waals surface area contributed by atoms with Gasteiger partial charge in [-0.15, -0.1) is 35.3 Å². The number of aliphatic hydroxyl groups is 1. The molecular weight excluding hydrogens is 447 g/mol. The van der Waals surface area contributed by atoms with Crippen LogP contribution in [0.5, 0.6) is 0 Å². The van der Waals surface area contributed by atoms with Gasteiger partial charge in [0.2, 0.25) is 0 Å². The van der Waals surface area contributed by atoms with Gasteiger partial charge in [0.25, 0.3) is 0 Å². The molecule has 3 N–H and O–H groups in total. The van der Waals surface area contributed by atoms with Crippen LogP contribution in [0.2, 0.25) is 0 Å². The van der Waals surface area contributed by atoms with Crippen molar-refractivity contribution in [3.8, 4) is 0 Å². The molecule has 0 aliphatic heterocycles. The molecule has 1 unspecified atom stereocenters. The van der Waals surface area contributed by atoms with E-state index in [-0.39, 0.29) is 24.0 Å². The molecule has 1 aliphatic carbocycles. The van der Waals surface area contributed by atoms with Crippen molar-refractivity contribution in [1.29, 1.82) is 0 Å². The summed E-state index contributed by atoms with van der Waals surface area (Å²) in [4.78, 5) is 8.08. The minimum absolute atomic E-state index is 0. The summed E-state index contributed by atoms with van der Waals surface area (Å²) in [7, 11) is 0. The fraction of sp³-hybridized carbons (Fsp3) is 0.722. The summed E-state index contributed by atoms with van der Waals surface area (Å²) < 4.78 is 0. The molecule has 7 heteroatoms. The van der Waals surface area contributed by atoms with Crippen molar-refractivity contribution in [3.63, 3.8) is 0 Å². The van der Waals surface area contributed by atoms with E-state index in [1.165, 1.54) is 12.8 Å². The zero-order chi connectivity index (χ0) is 17.6. The predicted octanol–water partition coefficient (Wildman–Crippen LogP) is 3.00. The van der Waals surface area contributed by atoms with Crippen molar-refractivity contribution in [1.82, 2.24) is 15.5 Å². The van der Waals surface area contributed by atoms with Gasteiger partial charge in [-0.2, -0.15) is 0 Å². The molecule has 1 saturated carbocycles. The van der Waals surface area contributed by atoms with E-state index in [0.717, 1.165) is 36.5 Å². The average molecular weight is 480 g/mol. The third-order valence-corrected chi connectivity index (χ3v) is 5.41. The highest BCUT2D eigenvalue weighted by molar-refractivity contribution is 14.0. The lowest BCUT2D eigenvalue weighted by molar-refractivity contribution is 0.0711. The molecule has 1 aromatic heterocycles. The van der Waals surface area contributed by atoms with Crippen LogP contribution in [0.1, 0.15) is 45.4 Å². The summed E-state index contributed by atoms with van der Waals surface area (Å²) in [5.74, 6) is 0.772. The number of nitrogens with zero attached hydrogens (tertiary/aromatic N) is 2. The molecule has 2 rings (SSSR count). The van der Waals surface area contributed by atoms with E-state index < -0.39 is 5.60 Å². The summed E-state index contributed by atoms with van der Waals surface area (Å²) in [6, 6.07) is 5.26. The van der Waals surface area contributed by atoms with Crippen LogP contribution in [0, 0.1) is 0 Å². The Kier molecular flexibility index (Phi) is 9.69. The Labute approximate surface area is 173 Å². The normalized spacial score (nSPS) is 17.3. The molecule has 0 bridgehead atoms. The summed E-state index contributed by atoms with van der Waals surface area (Å²) in [6.07, 6.45) is 2.66. The second kappa shape index (κ2) is 10.7. The van der Waals surface area contributed by atoms with Gasteiger partial charge in [-0.25, -0.2) is 4.99 Å². The van der Waals surface area contributed by atoms with E-state index in [0.29, 0.717) is 12.6 Å². The van der Waals surface area contributed by atoms with Crippen molar-refractivity contribution in [2.75, 3.05) is 26.2 Å². The topological polar surface area (TPSA) is 59.9 Å². The Bertz CT molecular complexity index is 513. The summed E-state index contributed by atoms with van der Waals surface area (Å²) in [6.45, 7) is 11.4. The summed E-state index contributed by atoms with van der Waals surface area (Å²) in [5, 5.41) is 19.2. The van der Waals surface area contributed by atoms with Crippen LogP contribution in [-0.2, 0) is 5.60 Å². The van der Waals surface area contributed by atoms with Gasteiger partial charge in [-0.3, -0.25) is 4.90 Å². The number of rotatable bonds is 9. The molecule has 5 nitrogen and oxygen atoms in total. The van der Waals surface area contributed by atoms with Crippen molar-refractivity contribution < 1.29 is 5.11 Å². The van der Waals surface area contributed by atoms with E-state index in [1.54, 1.807) is 11.3 Å². The number of nitrogens with one attached hydrogen (secondary N) is 2. The molecule has 0 radical (unpaired) electrons. The number of hydrogen-bond acceptors (Lipinski definition) is 4.